The molecule has 0 radical (unpaired) electrons. The van der Waals surface area contributed by atoms with Gasteiger partial charge < -0.3 is 9.14 Å². The fraction of sp³-hybridized carbons (Fsp3) is 0.143. The number of halogens is 1. The van der Waals surface area contributed by atoms with E-state index in [1.165, 1.54) is 0 Å². The Balaban J connectivity index is 1.98. The van der Waals surface area contributed by atoms with Crippen molar-refractivity contribution in [2.24, 2.45) is 0 Å². The molecule has 0 saturated carbocycles. The van der Waals surface area contributed by atoms with Crippen molar-refractivity contribution in [1.82, 2.24) is 9.38 Å². The maximum atomic E-state index is 12.2. The second-order valence-corrected chi connectivity index (χ2v) is 6.43. The molecular weight excluding hydrogens is 348 g/mol. The monoisotopic (exact) mass is 364 g/mol. The first-order valence-corrected chi connectivity index (χ1v) is 8.85. The Morgan fingerprint density at radius 1 is 1.15 bits per heavy atom. The van der Waals surface area contributed by atoms with Crippen LogP contribution in [0.3, 0.4) is 0 Å². The zero-order chi connectivity index (χ0) is 18.1. The van der Waals surface area contributed by atoms with Gasteiger partial charge in [0.05, 0.1) is 24.4 Å². The molecule has 0 saturated heterocycles. The smallest absolute Gasteiger partial charge is 0.311 e. The summed E-state index contributed by atoms with van der Waals surface area (Å²) >= 11 is 6.17. The van der Waals surface area contributed by atoms with Crippen molar-refractivity contribution in [3.05, 3.63) is 71.5 Å². The van der Waals surface area contributed by atoms with Gasteiger partial charge in [-0.1, -0.05) is 48.0 Å². The van der Waals surface area contributed by atoms with Gasteiger partial charge in [0.25, 0.3) is 0 Å². The fourth-order valence-corrected chi connectivity index (χ4v) is 3.39. The average Bonchev–Trinajstić information content (AvgIpc) is 3.01. The van der Waals surface area contributed by atoms with Crippen LogP contribution in [0.15, 0.2) is 60.8 Å². The molecule has 0 spiro atoms. The Hall–Kier alpha value is -2.85. The van der Waals surface area contributed by atoms with Gasteiger partial charge in [-0.15, -0.1) is 0 Å². The summed E-state index contributed by atoms with van der Waals surface area (Å²) in [6.07, 6.45) is 2.10. The van der Waals surface area contributed by atoms with E-state index in [2.05, 4.69) is 0 Å². The largest absolute Gasteiger partial charge is 0.466 e. The predicted molar refractivity (Wildman–Crippen MR) is 103 cm³/mol. The quantitative estimate of drug-likeness (QED) is 0.483. The van der Waals surface area contributed by atoms with Crippen molar-refractivity contribution in [3.63, 3.8) is 0 Å². The standard InChI is InChI=1S/C21H17ClN2O2/c1-2-26-19(25)13-18-20(15-7-5-8-16(22)12-15)23-21-17-9-4-3-6-14(17)10-11-24(18)21/h3-12H,2,13H2,1H3. The molecule has 0 bridgehead atoms. The Bertz CT molecular complexity index is 1120. The van der Waals surface area contributed by atoms with Crippen molar-refractivity contribution in [2.45, 2.75) is 13.3 Å². The molecule has 0 aliphatic carbocycles. The third-order valence-corrected chi connectivity index (χ3v) is 4.57. The Kier molecular flexibility index (Phi) is 4.35. The summed E-state index contributed by atoms with van der Waals surface area (Å²) in [7, 11) is 0. The molecule has 2 aromatic carbocycles. The number of benzene rings is 2. The molecule has 2 aromatic heterocycles. The van der Waals surface area contributed by atoms with E-state index in [0.717, 1.165) is 33.4 Å². The zero-order valence-electron chi connectivity index (χ0n) is 14.3. The van der Waals surface area contributed by atoms with E-state index < -0.39 is 0 Å². The molecule has 0 aliphatic rings. The minimum absolute atomic E-state index is 0.148. The molecule has 4 aromatic rings. The number of ether oxygens (including phenoxy) is 1. The number of nitrogens with zero attached hydrogens (tertiary/aromatic N) is 2. The van der Waals surface area contributed by atoms with Gasteiger partial charge in [-0.05, 0) is 30.5 Å². The number of aromatic nitrogens is 2. The molecule has 4 rings (SSSR count). The van der Waals surface area contributed by atoms with Gasteiger partial charge in [-0.2, -0.15) is 0 Å². The maximum Gasteiger partial charge on any atom is 0.311 e. The summed E-state index contributed by atoms with van der Waals surface area (Å²) in [6.45, 7) is 2.16. The van der Waals surface area contributed by atoms with Gasteiger partial charge in [-0.25, -0.2) is 4.98 Å². The van der Waals surface area contributed by atoms with Crippen LogP contribution in [-0.2, 0) is 16.0 Å². The topological polar surface area (TPSA) is 43.6 Å². The highest BCUT2D eigenvalue weighted by Gasteiger charge is 2.19. The second kappa shape index (κ2) is 6.81. The summed E-state index contributed by atoms with van der Waals surface area (Å²) in [5, 5.41) is 2.77. The Labute approximate surface area is 156 Å². The van der Waals surface area contributed by atoms with Crippen LogP contribution in [0.4, 0.5) is 0 Å². The molecule has 0 atom stereocenters. The first-order valence-electron chi connectivity index (χ1n) is 8.47. The van der Waals surface area contributed by atoms with Gasteiger partial charge in [-0.3, -0.25) is 4.79 Å². The van der Waals surface area contributed by atoms with Crippen LogP contribution >= 0.6 is 11.6 Å². The molecule has 4 nitrogen and oxygen atoms in total. The molecule has 0 aliphatic heterocycles. The number of carbonyl (C=O) groups is 1. The van der Waals surface area contributed by atoms with Crippen molar-refractivity contribution < 1.29 is 9.53 Å². The van der Waals surface area contributed by atoms with E-state index in [-0.39, 0.29) is 12.4 Å². The van der Waals surface area contributed by atoms with Crippen LogP contribution < -0.4 is 0 Å². The number of hydrogen-bond donors (Lipinski definition) is 0. The molecule has 5 heteroatoms. The normalized spacial score (nSPS) is 11.2. The summed E-state index contributed by atoms with van der Waals surface area (Å²) in [4.78, 5) is 17.0. The van der Waals surface area contributed by atoms with Crippen LogP contribution in [0.1, 0.15) is 12.6 Å². The highest BCUT2D eigenvalue weighted by atomic mass is 35.5. The third kappa shape index (κ3) is 2.93. The van der Waals surface area contributed by atoms with Crippen molar-refractivity contribution >= 4 is 34.0 Å². The number of hydrogen-bond acceptors (Lipinski definition) is 3. The lowest BCUT2D eigenvalue weighted by molar-refractivity contribution is -0.142. The molecule has 0 amide bonds. The minimum Gasteiger partial charge on any atom is -0.466 e. The van der Waals surface area contributed by atoms with Gasteiger partial charge >= 0.3 is 5.97 Å². The van der Waals surface area contributed by atoms with Crippen LogP contribution in [0.2, 0.25) is 5.02 Å². The van der Waals surface area contributed by atoms with Crippen LogP contribution in [0, 0.1) is 0 Å². The van der Waals surface area contributed by atoms with Crippen LogP contribution in [-0.4, -0.2) is 22.0 Å². The van der Waals surface area contributed by atoms with Gasteiger partial charge in [0.1, 0.15) is 5.65 Å². The van der Waals surface area contributed by atoms with Crippen molar-refractivity contribution in [2.75, 3.05) is 6.61 Å². The van der Waals surface area contributed by atoms with Crippen molar-refractivity contribution in [1.29, 1.82) is 0 Å². The first-order chi connectivity index (χ1) is 12.7. The summed E-state index contributed by atoms with van der Waals surface area (Å²) in [5.41, 5.74) is 3.24. The SMILES string of the molecule is CCOC(=O)Cc1c(-c2cccc(Cl)c2)nc2c3ccccc3ccn12. The number of imidazole rings is 1. The summed E-state index contributed by atoms with van der Waals surface area (Å²) in [6, 6.07) is 17.6. The lowest BCUT2D eigenvalue weighted by Gasteiger charge is -2.06. The highest BCUT2D eigenvalue weighted by molar-refractivity contribution is 6.30. The van der Waals surface area contributed by atoms with Gasteiger partial charge in [0.2, 0.25) is 0 Å². The lowest BCUT2D eigenvalue weighted by Crippen LogP contribution is -2.10. The summed E-state index contributed by atoms with van der Waals surface area (Å²) in [5.74, 6) is -0.272. The molecule has 0 N–H and O–H groups in total. The number of rotatable bonds is 4. The van der Waals surface area contributed by atoms with E-state index in [0.29, 0.717) is 11.6 Å². The summed E-state index contributed by atoms with van der Waals surface area (Å²) < 4.78 is 7.13. The number of esters is 1. The van der Waals surface area contributed by atoms with E-state index in [1.807, 2.05) is 65.2 Å². The van der Waals surface area contributed by atoms with Gasteiger partial charge in [0, 0.05) is 22.2 Å². The molecule has 130 valence electrons. The van der Waals surface area contributed by atoms with E-state index >= 15 is 0 Å². The van der Waals surface area contributed by atoms with Crippen LogP contribution in [0.5, 0.6) is 0 Å². The number of carbonyl (C=O) groups excluding carboxylic acids is 1. The van der Waals surface area contributed by atoms with Gasteiger partial charge in [0.15, 0.2) is 0 Å². The van der Waals surface area contributed by atoms with E-state index in [1.54, 1.807) is 6.92 Å². The molecule has 0 fully saturated rings. The third-order valence-electron chi connectivity index (χ3n) is 4.33. The Morgan fingerprint density at radius 3 is 2.81 bits per heavy atom. The molecule has 26 heavy (non-hydrogen) atoms. The van der Waals surface area contributed by atoms with E-state index in [4.69, 9.17) is 21.3 Å². The first kappa shape index (κ1) is 16.6. The predicted octanol–water partition coefficient (Wildman–Crippen LogP) is 4.91. The zero-order valence-corrected chi connectivity index (χ0v) is 15.0. The average molecular weight is 365 g/mol. The highest BCUT2D eigenvalue weighted by Crippen LogP contribution is 2.30. The van der Waals surface area contributed by atoms with Crippen molar-refractivity contribution in [3.8, 4) is 11.3 Å². The van der Waals surface area contributed by atoms with E-state index in [9.17, 15) is 4.79 Å². The maximum absolute atomic E-state index is 12.2. The fourth-order valence-electron chi connectivity index (χ4n) is 3.20. The molecule has 0 unspecified atom stereocenters. The lowest BCUT2D eigenvalue weighted by atomic mass is 10.1. The molecular formula is C21H17ClN2O2. The minimum atomic E-state index is -0.272. The molecule has 2 heterocycles. The number of fused-ring (bicyclic) bond motifs is 3. The second-order valence-electron chi connectivity index (χ2n) is 6.00. The number of pyridine rings is 1. The Morgan fingerprint density at radius 2 is 2.00 bits per heavy atom. The van der Waals surface area contributed by atoms with Crippen LogP contribution in [0.25, 0.3) is 27.7 Å².